The van der Waals surface area contributed by atoms with E-state index in [1.54, 1.807) is 10.3 Å². The van der Waals surface area contributed by atoms with Crippen LogP contribution in [0.3, 0.4) is 0 Å². The van der Waals surface area contributed by atoms with Crippen molar-refractivity contribution in [3.8, 4) is 0 Å². The molecule has 7 nitrogen and oxygen atoms in total. The molecule has 8 heteroatoms. The molecular weight excluding hydrogens is 352 g/mol. The van der Waals surface area contributed by atoms with Gasteiger partial charge in [0.25, 0.3) is 0 Å². The van der Waals surface area contributed by atoms with Crippen LogP contribution in [0.2, 0.25) is 0 Å². The zero-order valence-electron chi connectivity index (χ0n) is 14.8. The van der Waals surface area contributed by atoms with Gasteiger partial charge < -0.3 is 4.74 Å². The molecule has 2 N–H and O–H groups in total. The van der Waals surface area contributed by atoms with Crippen molar-refractivity contribution in [2.75, 3.05) is 11.4 Å². The Hall–Kier alpha value is -2.29. The summed E-state index contributed by atoms with van der Waals surface area (Å²) in [4.78, 5) is 29.8. The van der Waals surface area contributed by atoms with Gasteiger partial charge in [-0.05, 0) is 18.9 Å². The summed E-state index contributed by atoms with van der Waals surface area (Å²) >= 11 is 1.37. The van der Waals surface area contributed by atoms with Crippen LogP contribution >= 0.6 is 11.3 Å². The van der Waals surface area contributed by atoms with Crippen molar-refractivity contribution < 1.29 is 14.3 Å². The maximum atomic E-state index is 12.3. The number of carbonyl (C=O) groups excluding carboxylic acids is 2. The molecule has 2 heterocycles. The van der Waals surface area contributed by atoms with Crippen LogP contribution in [-0.4, -0.2) is 29.4 Å². The number of benzene rings is 1. The van der Waals surface area contributed by atoms with Crippen molar-refractivity contribution in [3.05, 3.63) is 47.0 Å². The lowest BCUT2D eigenvalue weighted by atomic mass is 10.0. The predicted molar refractivity (Wildman–Crippen MR) is 99.5 cm³/mol. The molecule has 0 saturated carbocycles. The fourth-order valence-electron chi connectivity index (χ4n) is 2.84. The largest absolute Gasteiger partial charge is 0.458 e. The SMILES string of the molecule is CCN(C(C)=O)c1nc(COC(=O)C2CC(c3ccccc3)NN2)cs1. The average molecular weight is 374 g/mol. The number of nitrogens with one attached hydrogen (secondary N) is 2. The van der Waals surface area contributed by atoms with Gasteiger partial charge in [0.15, 0.2) is 5.13 Å². The Bertz CT molecular complexity index is 765. The Labute approximate surface area is 156 Å². The number of amides is 1. The van der Waals surface area contributed by atoms with E-state index >= 15 is 0 Å². The van der Waals surface area contributed by atoms with Crippen molar-refractivity contribution in [1.82, 2.24) is 15.8 Å². The highest BCUT2D eigenvalue weighted by Crippen LogP contribution is 2.24. The van der Waals surface area contributed by atoms with Gasteiger partial charge in [-0.3, -0.25) is 14.5 Å². The van der Waals surface area contributed by atoms with Crippen molar-refractivity contribution in [2.45, 2.75) is 39.0 Å². The van der Waals surface area contributed by atoms with E-state index in [0.29, 0.717) is 23.8 Å². The Balaban J connectivity index is 1.52. The van der Waals surface area contributed by atoms with Gasteiger partial charge >= 0.3 is 5.97 Å². The molecule has 138 valence electrons. The number of carbonyl (C=O) groups is 2. The summed E-state index contributed by atoms with van der Waals surface area (Å²) in [6.07, 6.45) is 0.624. The summed E-state index contributed by atoms with van der Waals surface area (Å²) in [7, 11) is 0. The molecule has 0 aliphatic carbocycles. The molecule has 1 fully saturated rings. The van der Waals surface area contributed by atoms with E-state index in [0.717, 1.165) is 5.56 Å². The van der Waals surface area contributed by atoms with E-state index in [-0.39, 0.29) is 24.5 Å². The van der Waals surface area contributed by atoms with E-state index in [2.05, 4.69) is 15.8 Å². The van der Waals surface area contributed by atoms with Crippen LogP contribution in [0, 0.1) is 0 Å². The zero-order valence-corrected chi connectivity index (χ0v) is 15.6. The third kappa shape index (κ3) is 4.27. The highest BCUT2D eigenvalue weighted by atomic mass is 32.1. The quantitative estimate of drug-likeness (QED) is 0.754. The summed E-state index contributed by atoms with van der Waals surface area (Å²) in [5.41, 5.74) is 7.90. The number of ether oxygens (including phenoxy) is 1. The first-order chi connectivity index (χ1) is 12.6. The predicted octanol–water partition coefficient (Wildman–Crippen LogP) is 2.17. The maximum Gasteiger partial charge on any atom is 0.324 e. The third-order valence-electron chi connectivity index (χ3n) is 4.22. The second kappa shape index (κ2) is 8.39. The van der Waals surface area contributed by atoms with E-state index < -0.39 is 6.04 Å². The van der Waals surface area contributed by atoms with Gasteiger partial charge in [0.05, 0.1) is 5.69 Å². The molecule has 0 spiro atoms. The summed E-state index contributed by atoms with van der Waals surface area (Å²) in [5, 5.41) is 2.43. The highest BCUT2D eigenvalue weighted by Gasteiger charge is 2.31. The van der Waals surface area contributed by atoms with Gasteiger partial charge in [-0.1, -0.05) is 30.3 Å². The number of rotatable bonds is 6. The van der Waals surface area contributed by atoms with Crippen molar-refractivity contribution in [3.63, 3.8) is 0 Å². The lowest BCUT2D eigenvalue weighted by molar-refractivity contribution is -0.147. The van der Waals surface area contributed by atoms with Crippen molar-refractivity contribution >= 4 is 28.3 Å². The van der Waals surface area contributed by atoms with Crippen LogP contribution in [-0.2, 0) is 20.9 Å². The smallest absolute Gasteiger partial charge is 0.324 e. The second-order valence-electron chi connectivity index (χ2n) is 6.03. The molecule has 26 heavy (non-hydrogen) atoms. The minimum absolute atomic E-state index is 0.0569. The number of hydrazine groups is 1. The van der Waals surface area contributed by atoms with E-state index in [1.807, 2.05) is 37.3 Å². The van der Waals surface area contributed by atoms with Crippen molar-refractivity contribution in [2.24, 2.45) is 0 Å². The third-order valence-corrected chi connectivity index (χ3v) is 5.13. The number of anilines is 1. The summed E-state index contributed by atoms with van der Waals surface area (Å²) in [6.45, 7) is 4.05. The molecule has 1 aromatic carbocycles. The fourth-order valence-corrected chi connectivity index (χ4v) is 3.76. The van der Waals surface area contributed by atoms with Gasteiger partial charge in [0.2, 0.25) is 5.91 Å². The molecule has 1 aromatic heterocycles. The standard InChI is InChI=1S/C18H22N4O3S/c1-3-22(12(2)23)18-19-14(11-26-18)10-25-17(24)16-9-15(20-21-16)13-7-5-4-6-8-13/h4-8,11,15-16,20-21H,3,9-10H2,1-2H3. The van der Waals surface area contributed by atoms with Gasteiger partial charge in [0, 0.05) is 24.9 Å². The van der Waals surface area contributed by atoms with E-state index in [9.17, 15) is 9.59 Å². The molecule has 2 atom stereocenters. The number of hydrogen-bond acceptors (Lipinski definition) is 7. The first kappa shape index (κ1) is 18.5. The molecule has 0 radical (unpaired) electrons. The minimum atomic E-state index is -0.400. The monoisotopic (exact) mass is 374 g/mol. The molecule has 3 rings (SSSR count). The molecule has 1 aliphatic rings. The molecule has 2 unspecified atom stereocenters. The van der Waals surface area contributed by atoms with Crippen LogP contribution < -0.4 is 15.8 Å². The van der Waals surface area contributed by atoms with E-state index in [1.165, 1.54) is 18.3 Å². The first-order valence-corrected chi connectivity index (χ1v) is 9.41. The Morgan fingerprint density at radius 1 is 1.31 bits per heavy atom. The minimum Gasteiger partial charge on any atom is -0.458 e. The number of esters is 1. The van der Waals surface area contributed by atoms with Crippen LogP contribution in [0.4, 0.5) is 5.13 Å². The lowest BCUT2D eigenvalue weighted by Crippen LogP contribution is -2.37. The molecular formula is C18H22N4O3S. The number of aromatic nitrogens is 1. The summed E-state index contributed by atoms with van der Waals surface area (Å²) in [5.74, 6) is -0.372. The normalized spacial score (nSPS) is 19.3. The average Bonchev–Trinajstić information content (AvgIpc) is 3.31. The fraction of sp³-hybridized carbons (Fsp3) is 0.389. The Morgan fingerprint density at radius 2 is 2.08 bits per heavy atom. The van der Waals surface area contributed by atoms with Gasteiger partial charge in [-0.25, -0.2) is 15.8 Å². The number of nitrogens with zero attached hydrogens (tertiary/aromatic N) is 2. The number of hydrogen-bond donors (Lipinski definition) is 2. The molecule has 1 saturated heterocycles. The lowest BCUT2D eigenvalue weighted by Gasteiger charge is -2.14. The Kier molecular flexibility index (Phi) is 5.97. The van der Waals surface area contributed by atoms with Crippen LogP contribution in [0.5, 0.6) is 0 Å². The Morgan fingerprint density at radius 3 is 2.77 bits per heavy atom. The van der Waals surface area contributed by atoms with Gasteiger partial charge in [-0.15, -0.1) is 11.3 Å². The zero-order chi connectivity index (χ0) is 18.5. The van der Waals surface area contributed by atoms with Crippen molar-refractivity contribution in [1.29, 1.82) is 0 Å². The van der Waals surface area contributed by atoms with Crippen LogP contribution in [0.25, 0.3) is 0 Å². The molecule has 1 aliphatic heterocycles. The maximum absolute atomic E-state index is 12.3. The van der Waals surface area contributed by atoms with Gasteiger partial charge in [-0.2, -0.15) is 0 Å². The molecule has 2 aromatic rings. The number of thiazole rings is 1. The summed E-state index contributed by atoms with van der Waals surface area (Å²) in [6, 6.07) is 9.64. The van der Waals surface area contributed by atoms with Gasteiger partial charge in [0.1, 0.15) is 12.6 Å². The van der Waals surface area contributed by atoms with E-state index in [4.69, 9.17) is 4.74 Å². The van der Waals surface area contributed by atoms with Crippen LogP contribution in [0.15, 0.2) is 35.7 Å². The molecule has 0 bridgehead atoms. The first-order valence-electron chi connectivity index (χ1n) is 8.53. The molecule has 1 amide bonds. The second-order valence-corrected chi connectivity index (χ2v) is 6.87. The topological polar surface area (TPSA) is 83.6 Å². The summed E-state index contributed by atoms with van der Waals surface area (Å²) < 4.78 is 5.38. The van der Waals surface area contributed by atoms with Crippen LogP contribution in [0.1, 0.15) is 37.6 Å². The highest BCUT2D eigenvalue weighted by molar-refractivity contribution is 7.14.